The number of benzene rings is 2. The normalized spacial score (nSPS) is 12.3. The second-order valence-corrected chi connectivity index (χ2v) is 5.74. The van der Waals surface area contributed by atoms with Gasteiger partial charge in [0.15, 0.2) is 0 Å². The highest BCUT2D eigenvalue weighted by Gasteiger charge is 2.10. The monoisotopic (exact) mass is 333 g/mol. The van der Waals surface area contributed by atoms with Gasteiger partial charge in [0.25, 0.3) is 0 Å². The third kappa shape index (κ3) is 3.49. The van der Waals surface area contributed by atoms with Gasteiger partial charge in [-0.1, -0.05) is 58.5 Å². The molecule has 100 valence electrons. The summed E-state index contributed by atoms with van der Waals surface area (Å²) in [5, 5.41) is 5.40. The largest absolute Gasteiger partial charge is 0.377 e. The van der Waals surface area contributed by atoms with E-state index < -0.39 is 0 Å². The third-order valence-corrected chi connectivity index (χ3v) is 4.33. The van der Waals surface area contributed by atoms with Crippen molar-refractivity contribution < 1.29 is 0 Å². The van der Waals surface area contributed by atoms with Crippen molar-refractivity contribution in [2.24, 2.45) is 0 Å². The molecule has 2 rings (SSSR count). The lowest BCUT2D eigenvalue weighted by molar-refractivity contribution is 0.885. The van der Waals surface area contributed by atoms with E-state index in [0.29, 0.717) is 20.1 Å². The fourth-order valence-corrected chi connectivity index (χ4v) is 2.38. The highest BCUT2D eigenvalue weighted by molar-refractivity contribution is 6.43. The van der Waals surface area contributed by atoms with E-state index in [9.17, 15) is 0 Å². The van der Waals surface area contributed by atoms with Gasteiger partial charge in [0.1, 0.15) is 0 Å². The Kier molecular flexibility index (Phi) is 4.86. The van der Waals surface area contributed by atoms with E-state index in [2.05, 4.69) is 5.32 Å². The molecule has 2 aromatic rings. The van der Waals surface area contributed by atoms with Gasteiger partial charge in [0.05, 0.1) is 25.8 Å². The molecular formula is C14H11Cl4N. The van der Waals surface area contributed by atoms with Crippen LogP contribution < -0.4 is 5.32 Å². The van der Waals surface area contributed by atoms with Crippen LogP contribution >= 0.6 is 46.4 Å². The zero-order chi connectivity index (χ0) is 14.0. The number of hydrogen-bond acceptors (Lipinski definition) is 1. The zero-order valence-corrected chi connectivity index (χ0v) is 13.1. The Morgan fingerprint density at radius 3 is 2.32 bits per heavy atom. The van der Waals surface area contributed by atoms with Crippen LogP contribution in [0.2, 0.25) is 20.1 Å². The fraction of sp³-hybridized carbons (Fsp3) is 0.143. The number of halogens is 4. The summed E-state index contributed by atoms with van der Waals surface area (Å²) < 4.78 is 0. The Bertz CT molecular complexity index is 598. The van der Waals surface area contributed by atoms with Crippen molar-refractivity contribution in [2.45, 2.75) is 13.0 Å². The Hall–Kier alpha value is -0.600. The van der Waals surface area contributed by atoms with Crippen LogP contribution in [-0.2, 0) is 0 Å². The van der Waals surface area contributed by atoms with Crippen LogP contribution in [0, 0.1) is 0 Å². The van der Waals surface area contributed by atoms with Crippen molar-refractivity contribution in [3.63, 3.8) is 0 Å². The van der Waals surface area contributed by atoms with Crippen LogP contribution in [0.15, 0.2) is 36.4 Å². The zero-order valence-electron chi connectivity index (χ0n) is 10.1. The van der Waals surface area contributed by atoms with Crippen molar-refractivity contribution >= 4 is 52.1 Å². The lowest BCUT2D eigenvalue weighted by Crippen LogP contribution is -2.07. The summed E-state index contributed by atoms with van der Waals surface area (Å²) in [6.45, 7) is 2.01. The maximum Gasteiger partial charge on any atom is 0.0823 e. The number of hydrogen-bond donors (Lipinski definition) is 1. The molecule has 0 saturated carbocycles. The van der Waals surface area contributed by atoms with Crippen molar-refractivity contribution in [1.29, 1.82) is 0 Å². The van der Waals surface area contributed by atoms with Gasteiger partial charge in [-0.25, -0.2) is 0 Å². The second-order valence-electron chi connectivity index (χ2n) is 4.14. The van der Waals surface area contributed by atoms with E-state index in [0.717, 1.165) is 11.3 Å². The van der Waals surface area contributed by atoms with E-state index in [1.165, 1.54) is 0 Å². The number of rotatable bonds is 3. The van der Waals surface area contributed by atoms with Crippen LogP contribution in [0.5, 0.6) is 0 Å². The lowest BCUT2D eigenvalue weighted by atomic mass is 10.1. The molecule has 0 aliphatic heterocycles. The van der Waals surface area contributed by atoms with Gasteiger partial charge < -0.3 is 5.32 Å². The number of anilines is 1. The summed E-state index contributed by atoms with van der Waals surface area (Å²) in [7, 11) is 0. The molecule has 0 saturated heterocycles. The highest BCUT2D eigenvalue weighted by Crippen LogP contribution is 2.33. The Morgan fingerprint density at radius 1 is 0.895 bits per heavy atom. The van der Waals surface area contributed by atoms with Gasteiger partial charge in [-0.05, 0) is 36.8 Å². The first kappa shape index (κ1) is 14.8. The minimum absolute atomic E-state index is 0.0331. The lowest BCUT2D eigenvalue weighted by Gasteiger charge is -2.17. The van der Waals surface area contributed by atoms with Crippen molar-refractivity contribution in [2.75, 3.05) is 5.32 Å². The average Bonchev–Trinajstić information content (AvgIpc) is 2.38. The second kappa shape index (κ2) is 6.23. The molecule has 0 amide bonds. The van der Waals surface area contributed by atoms with Gasteiger partial charge in [-0.3, -0.25) is 0 Å². The predicted molar refractivity (Wildman–Crippen MR) is 85.0 cm³/mol. The highest BCUT2D eigenvalue weighted by atomic mass is 35.5. The van der Waals surface area contributed by atoms with Crippen LogP contribution in [0.1, 0.15) is 18.5 Å². The summed E-state index contributed by atoms with van der Waals surface area (Å²) in [5.41, 5.74) is 1.80. The minimum Gasteiger partial charge on any atom is -0.377 e. The molecule has 1 unspecified atom stereocenters. The molecule has 2 aromatic carbocycles. The molecular weight excluding hydrogens is 324 g/mol. The van der Waals surface area contributed by atoms with E-state index in [4.69, 9.17) is 46.4 Å². The summed E-state index contributed by atoms with van der Waals surface area (Å²) in [4.78, 5) is 0. The summed E-state index contributed by atoms with van der Waals surface area (Å²) in [5.74, 6) is 0. The smallest absolute Gasteiger partial charge is 0.0823 e. The molecule has 1 atom stereocenters. The van der Waals surface area contributed by atoms with E-state index in [1.54, 1.807) is 12.1 Å². The van der Waals surface area contributed by atoms with E-state index in [1.807, 2.05) is 31.2 Å². The predicted octanol–water partition coefficient (Wildman–Crippen LogP) is 6.47. The first-order valence-electron chi connectivity index (χ1n) is 5.64. The van der Waals surface area contributed by atoms with Gasteiger partial charge in [0, 0.05) is 6.04 Å². The van der Waals surface area contributed by atoms with E-state index in [-0.39, 0.29) is 6.04 Å². The average molecular weight is 335 g/mol. The molecule has 0 spiro atoms. The van der Waals surface area contributed by atoms with Gasteiger partial charge >= 0.3 is 0 Å². The Balaban J connectivity index is 2.23. The summed E-state index contributed by atoms with van der Waals surface area (Å²) in [6.07, 6.45) is 0. The Labute approximate surface area is 132 Å². The fourth-order valence-electron chi connectivity index (χ4n) is 1.71. The molecule has 0 radical (unpaired) electrons. The first-order valence-corrected chi connectivity index (χ1v) is 7.15. The molecule has 0 bridgehead atoms. The molecule has 0 aromatic heterocycles. The summed E-state index contributed by atoms with van der Waals surface area (Å²) in [6, 6.07) is 11.0. The van der Waals surface area contributed by atoms with Crippen molar-refractivity contribution in [3.05, 3.63) is 62.1 Å². The first-order chi connectivity index (χ1) is 8.99. The molecule has 1 nitrogen and oxygen atoms in total. The topological polar surface area (TPSA) is 12.0 Å². The van der Waals surface area contributed by atoms with Crippen LogP contribution in [0.4, 0.5) is 5.69 Å². The van der Waals surface area contributed by atoms with Crippen LogP contribution in [-0.4, -0.2) is 0 Å². The van der Waals surface area contributed by atoms with E-state index >= 15 is 0 Å². The van der Waals surface area contributed by atoms with Crippen LogP contribution in [0.25, 0.3) is 0 Å². The molecule has 0 heterocycles. The standard InChI is InChI=1S/C14H11Cl4N/c1-8(9-5-6-10(15)12(17)7-9)19-13-4-2-3-11(16)14(13)18/h2-8,19H,1H3. The molecule has 1 N–H and O–H groups in total. The van der Waals surface area contributed by atoms with Crippen LogP contribution in [0.3, 0.4) is 0 Å². The SMILES string of the molecule is CC(Nc1cccc(Cl)c1Cl)c1ccc(Cl)c(Cl)c1. The molecule has 0 aliphatic rings. The third-order valence-electron chi connectivity index (χ3n) is 2.77. The van der Waals surface area contributed by atoms with Gasteiger partial charge in [0.2, 0.25) is 0 Å². The molecule has 0 fully saturated rings. The van der Waals surface area contributed by atoms with Crippen molar-refractivity contribution in [1.82, 2.24) is 0 Å². The number of nitrogens with one attached hydrogen (secondary N) is 1. The minimum atomic E-state index is 0.0331. The maximum absolute atomic E-state index is 6.14. The summed E-state index contributed by atoms with van der Waals surface area (Å²) >= 11 is 24.0. The van der Waals surface area contributed by atoms with Gasteiger partial charge in [-0.2, -0.15) is 0 Å². The Morgan fingerprint density at radius 2 is 1.63 bits per heavy atom. The molecule has 19 heavy (non-hydrogen) atoms. The molecule has 0 aliphatic carbocycles. The van der Waals surface area contributed by atoms with Gasteiger partial charge in [-0.15, -0.1) is 0 Å². The van der Waals surface area contributed by atoms with Crippen molar-refractivity contribution in [3.8, 4) is 0 Å². The quantitative estimate of drug-likeness (QED) is 0.677. The maximum atomic E-state index is 6.14. The molecule has 5 heteroatoms.